The summed E-state index contributed by atoms with van der Waals surface area (Å²) in [6.45, 7) is 7.31. The van der Waals surface area contributed by atoms with Gasteiger partial charge in [0.2, 0.25) is 0 Å². The molecule has 2 unspecified atom stereocenters. The molecular weight excluding hydrogens is 252 g/mol. The molecule has 0 heterocycles. The van der Waals surface area contributed by atoms with Crippen LogP contribution in [0, 0.1) is 5.92 Å². The molecule has 0 saturated heterocycles. The molecule has 4 heteroatoms. The lowest BCUT2D eigenvalue weighted by Gasteiger charge is -2.34. The summed E-state index contributed by atoms with van der Waals surface area (Å²) in [5.41, 5.74) is -0.435. The van der Waals surface area contributed by atoms with Crippen LogP contribution in [0.5, 0.6) is 0 Å². The van der Waals surface area contributed by atoms with Gasteiger partial charge in [-0.25, -0.2) is 0 Å². The van der Waals surface area contributed by atoms with E-state index in [0.717, 1.165) is 45.3 Å². The van der Waals surface area contributed by atoms with E-state index in [2.05, 4.69) is 31.1 Å². The molecule has 1 aliphatic rings. The molecule has 0 aromatic carbocycles. The molecule has 2 atom stereocenters. The van der Waals surface area contributed by atoms with E-state index >= 15 is 0 Å². The van der Waals surface area contributed by atoms with Crippen LogP contribution in [0.1, 0.15) is 52.4 Å². The van der Waals surface area contributed by atoms with Crippen LogP contribution in [0.2, 0.25) is 0 Å². The maximum atomic E-state index is 12.3. The first-order valence-electron chi connectivity index (χ1n) is 8.12. The third kappa shape index (κ3) is 4.19. The predicted molar refractivity (Wildman–Crippen MR) is 82.8 cm³/mol. The minimum atomic E-state index is -0.435. The largest absolute Gasteiger partial charge is 0.468 e. The smallest absolute Gasteiger partial charge is 0.326 e. The normalized spacial score (nSPS) is 26.1. The molecule has 0 aromatic rings. The third-order valence-corrected chi connectivity index (χ3v) is 4.62. The van der Waals surface area contributed by atoms with Crippen LogP contribution >= 0.6 is 0 Å². The Morgan fingerprint density at radius 1 is 1.40 bits per heavy atom. The highest BCUT2D eigenvalue weighted by atomic mass is 16.5. The Kier molecular flexibility index (Phi) is 7.52. The summed E-state index contributed by atoms with van der Waals surface area (Å²) < 4.78 is 5.08. The number of hydrogen-bond donors (Lipinski definition) is 1. The zero-order valence-electron chi connectivity index (χ0n) is 13.7. The number of methoxy groups -OCH3 is 1. The van der Waals surface area contributed by atoms with Crippen molar-refractivity contribution in [2.45, 2.75) is 57.9 Å². The van der Waals surface area contributed by atoms with Crippen molar-refractivity contribution < 1.29 is 9.53 Å². The number of nitrogens with one attached hydrogen (secondary N) is 1. The molecule has 1 saturated carbocycles. The molecule has 0 amide bonds. The standard InChI is InChI=1S/C16H32N2O2/c1-5-7-12-18(3)13-10-14-9-8-11-16(14,17-6-2)15(19)20-4/h14,17H,5-13H2,1-4H3. The first-order valence-corrected chi connectivity index (χ1v) is 8.12. The second-order valence-corrected chi connectivity index (χ2v) is 6.03. The number of carbonyl (C=O) groups is 1. The molecular formula is C16H32N2O2. The van der Waals surface area contributed by atoms with Gasteiger partial charge in [0.15, 0.2) is 0 Å². The zero-order chi connectivity index (χ0) is 15.0. The van der Waals surface area contributed by atoms with Gasteiger partial charge in [-0.2, -0.15) is 0 Å². The number of hydrogen-bond acceptors (Lipinski definition) is 4. The second kappa shape index (κ2) is 8.63. The summed E-state index contributed by atoms with van der Waals surface area (Å²) in [7, 11) is 3.68. The quantitative estimate of drug-likeness (QED) is 0.660. The fourth-order valence-corrected chi connectivity index (χ4v) is 3.46. The number of ether oxygens (including phenoxy) is 1. The average Bonchev–Trinajstić information content (AvgIpc) is 2.86. The van der Waals surface area contributed by atoms with E-state index < -0.39 is 5.54 Å². The van der Waals surface area contributed by atoms with Crippen LogP contribution in [-0.4, -0.2) is 50.2 Å². The van der Waals surface area contributed by atoms with E-state index in [-0.39, 0.29) is 5.97 Å². The number of esters is 1. The summed E-state index contributed by atoms with van der Waals surface area (Å²) >= 11 is 0. The minimum Gasteiger partial charge on any atom is -0.468 e. The van der Waals surface area contributed by atoms with Gasteiger partial charge in [0.05, 0.1) is 7.11 Å². The van der Waals surface area contributed by atoms with Gasteiger partial charge in [-0.15, -0.1) is 0 Å². The van der Waals surface area contributed by atoms with Crippen molar-refractivity contribution in [2.24, 2.45) is 5.92 Å². The van der Waals surface area contributed by atoms with Crippen molar-refractivity contribution >= 4 is 5.97 Å². The van der Waals surface area contributed by atoms with Crippen molar-refractivity contribution in [1.82, 2.24) is 10.2 Å². The van der Waals surface area contributed by atoms with Crippen LogP contribution in [0.3, 0.4) is 0 Å². The molecule has 0 bridgehead atoms. The number of carbonyl (C=O) groups excluding carboxylic acids is 1. The van der Waals surface area contributed by atoms with Crippen LogP contribution in [0.15, 0.2) is 0 Å². The highest BCUT2D eigenvalue weighted by Crippen LogP contribution is 2.39. The first-order chi connectivity index (χ1) is 9.60. The topological polar surface area (TPSA) is 41.6 Å². The third-order valence-electron chi connectivity index (χ3n) is 4.62. The summed E-state index contributed by atoms with van der Waals surface area (Å²) in [4.78, 5) is 14.6. The van der Waals surface area contributed by atoms with Gasteiger partial charge in [-0.3, -0.25) is 4.79 Å². The van der Waals surface area contributed by atoms with Gasteiger partial charge in [0.25, 0.3) is 0 Å². The number of rotatable bonds is 9. The number of nitrogens with zero attached hydrogens (tertiary/aromatic N) is 1. The van der Waals surface area contributed by atoms with Gasteiger partial charge in [-0.05, 0) is 58.3 Å². The Hall–Kier alpha value is -0.610. The molecule has 118 valence electrons. The van der Waals surface area contributed by atoms with Gasteiger partial charge in [0, 0.05) is 0 Å². The van der Waals surface area contributed by atoms with Crippen molar-refractivity contribution in [2.75, 3.05) is 33.8 Å². The molecule has 4 nitrogen and oxygen atoms in total. The average molecular weight is 284 g/mol. The van der Waals surface area contributed by atoms with Crippen LogP contribution in [0.25, 0.3) is 0 Å². The maximum Gasteiger partial charge on any atom is 0.326 e. The van der Waals surface area contributed by atoms with Gasteiger partial charge in [0.1, 0.15) is 5.54 Å². The highest BCUT2D eigenvalue weighted by molar-refractivity contribution is 5.81. The summed E-state index contributed by atoms with van der Waals surface area (Å²) in [5.74, 6) is 0.331. The molecule has 0 spiro atoms. The van der Waals surface area contributed by atoms with Crippen LogP contribution in [0.4, 0.5) is 0 Å². The lowest BCUT2D eigenvalue weighted by molar-refractivity contribution is -0.150. The predicted octanol–water partition coefficient (Wildman–Crippen LogP) is 2.43. The van der Waals surface area contributed by atoms with Gasteiger partial charge < -0.3 is 15.0 Å². The lowest BCUT2D eigenvalue weighted by atomic mass is 9.84. The van der Waals surface area contributed by atoms with E-state index in [4.69, 9.17) is 4.74 Å². The molecule has 1 rings (SSSR count). The molecule has 1 aliphatic carbocycles. The summed E-state index contributed by atoms with van der Waals surface area (Å²) in [5, 5.41) is 3.43. The fourth-order valence-electron chi connectivity index (χ4n) is 3.46. The Bertz CT molecular complexity index is 296. The lowest BCUT2D eigenvalue weighted by Crippen LogP contribution is -2.55. The van der Waals surface area contributed by atoms with Crippen LogP contribution in [-0.2, 0) is 9.53 Å². The van der Waals surface area contributed by atoms with E-state index in [9.17, 15) is 4.79 Å². The van der Waals surface area contributed by atoms with E-state index in [1.54, 1.807) is 0 Å². The Morgan fingerprint density at radius 3 is 2.75 bits per heavy atom. The Morgan fingerprint density at radius 2 is 2.15 bits per heavy atom. The SMILES string of the molecule is CCCCN(C)CCC1CCCC1(NCC)C(=O)OC. The van der Waals surface area contributed by atoms with E-state index in [0.29, 0.717) is 5.92 Å². The molecule has 0 aromatic heterocycles. The minimum absolute atomic E-state index is 0.0712. The molecule has 1 fully saturated rings. The Labute approximate surface area is 124 Å². The van der Waals surface area contributed by atoms with Crippen molar-refractivity contribution in [3.05, 3.63) is 0 Å². The monoisotopic (exact) mass is 284 g/mol. The fraction of sp³-hybridized carbons (Fsp3) is 0.938. The first kappa shape index (κ1) is 17.4. The molecule has 20 heavy (non-hydrogen) atoms. The van der Waals surface area contributed by atoms with Crippen molar-refractivity contribution in [3.8, 4) is 0 Å². The summed E-state index contributed by atoms with van der Waals surface area (Å²) in [6.07, 6.45) is 6.71. The Balaban J connectivity index is 2.59. The van der Waals surface area contributed by atoms with E-state index in [1.807, 2.05) is 0 Å². The van der Waals surface area contributed by atoms with Crippen molar-refractivity contribution in [3.63, 3.8) is 0 Å². The second-order valence-electron chi connectivity index (χ2n) is 6.03. The number of likely N-dealkylation sites (N-methyl/N-ethyl adjacent to an activating group) is 1. The van der Waals surface area contributed by atoms with E-state index in [1.165, 1.54) is 20.0 Å². The zero-order valence-corrected chi connectivity index (χ0v) is 13.7. The van der Waals surface area contributed by atoms with Crippen molar-refractivity contribution in [1.29, 1.82) is 0 Å². The van der Waals surface area contributed by atoms with Crippen LogP contribution < -0.4 is 5.32 Å². The maximum absolute atomic E-state index is 12.3. The highest BCUT2D eigenvalue weighted by Gasteiger charge is 2.48. The molecule has 0 radical (unpaired) electrons. The number of unbranched alkanes of at least 4 members (excludes halogenated alkanes) is 1. The summed E-state index contributed by atoms with van der Waals surface area (Å²) in [6, 6.07) is 0. The molecule has 1 N–H and O–H groups in total. The van der Waals surface area contributed by atoms with Gasteiger partial charge >= 0.3 is 5.97 Å². The van der Waals surface area contributed by atoms with Gasteiger partial charge in [-0.1, -0.05) is 26.7 Å². The molecule has 0 aliphatic heterocycles.